The van der Waals surface area contributed by atoms with Crippen molar-refractivity contribution in [2.45, 2.75) is 13.3 Å². The summed E-state index contributed by atoms with van der Waals surface area (Å²) in [4.78, 5) is 7.86. The molecule has 17 heavy (non-hydrogen) atoms. The van der Waals surface area contributed by atoms with Crippen LogP contribution in [-0.4, -0.2) is 9.97 Å². The molecule has 0 aliphatic carbocycles. The molecule has 0 saturated carbocycles. The van der Waals surface area contributed by atoms with Gasteiger partial charge in [0.25, 0.3) is 5.88 Å². The predicted octanol–water partition coefficient (Wildman–Crippen LogP) is 2.70. The predicted molar refractivity (Wildman–Crippen MR) is 62.6 cm³/mol. The van der Waals surface area contributed by atoms with E-state index >= 15 is 0 Å². The molecule has 0 aliphatic heterocycles. The Hall–Kier alpha value is -2.41. The quantitative estimate of drug-likeness (QED) is 0.805. The molecule has 1 aromatic heterocycles. The Labute approximate surface area is 99.5 Å². The van der Waals surface area contributed by atoms with Crippen LogP contribution in [0, 0.1) is 11.3 Å². The molecule has 84 valence electrons. The molecule has 1 heterocycles. The second-order valence-electron chi connectivity index (χ2n) is 3.42. The van der Waals surface area contributed by atoms with Gasteiger partial charge in [0.15, 0.2) is 0 Å². The number of aromatic nitrogens is 2. The third-order valence-electron chi connectivity index (χ3n) is 2.32. The first-order valence-corrected chi connectivity index (χ1v) is 5.31. The van der Waals surface area contributed by atoms with Crippen molar-refractivity contribution in [2.24, 2.45) is 0 Å². The minimum absolute atomic E-state index is 0.187. The molecular weight excluding hydrogens is 214 g/mol. The molecular formula is C13H11N3O. The number of ether oxygens (including phenoxy) is 1. The maximum atomic E-state index is 8.85. The summed E-state index contributed by atoms with van der Waals surface area (Å²) in [5.74, 6) is 0.887. The number of rotatable bonds is 3. The van der Waals surface area contributed by atoms with Gasteiger partial charge < -0.3 is 4.74 Å². The van der Waals surface area contributed by atoms with Crippen molar-refractivity contribution in [3.05, 3.63) is 47.9 Å². The number of hydrogen-bond donors (Lipinski definition) is 0. The second-order valence-corrected chi connectivity index (χ2v) is 3.42. The van der Waals surface area contributed by atoms with Crippen molar-refractivity contribution in [3.63, 3.8) is 0 Å². The fourth-order valence-corrected chi connectivity index (χ4v) is 1.38. The van der Waals surface area contributed by atoms with Gasteiger partial charge in [-0.3, -0.25) is 0 Å². The number of aryl methyl sites for hydroxylation is 1. The number of nitriles is 1. The molecule has 4 heteroatoms. The summed E-state index contributed by atoms with van der Waals surface area (Å²) in [7, 11) is 0. The summed E-state index contributed by atoms with van der Waals surface area (Å²) < 4.78 is 5.50. The standard InChI is InChI=1S/C13H11N3O/c1-2-10-3-5-11(6-4-10)17-13-12(9-14)15-7-8-16-13/h3-8H,2H2,1H3. The average molecular weight is 225 g/mol. The van der Waals surface area contributed by atoms with E-state index in [9.17, 15) is 0 Å². The van der Waals surface area contributed by atoms with Crippen LogP contribution in [0.4, 0.5) is 0 Å². The normalized spacial score (nSPS) is 9.65. The van der Waals surface area contributed by atoms with Crippen molar-refractivity contribution < 1.29 is 4.74 Å². The first-order valence-electron chi connectivity index (χ1n) is 5.31. The van der Waals surface area contributed by atoms with Gasteiger partial charge in [-0.1, -0.05) is 19.1 Å². The molecule has 0 fully saturated rings. The van der Waals surface area contributed by atoms with E-state index in [1.54, 1.807) is 0 Å². The van der Waals surface area contributed by atoms with Gasteiger partial charge in [0.1, 0.15) is 11.8 Å². The van der Waals surface area contributed by atoms with E-state index in [-0.39, 0.29) is 11.6 Å². The Morgan fingerprint density at radius 2 is 1.88 bits per heavy atom. The smallest absolute Gasteiger partial charge is 0.256 e. The first kappa shape index (κ1) is 11.1. The lowest BCUT2D eigenvalue weighted by Gasteiger charge is -2.05. The maximum absolute atomic E-state index is 8.85. The zero-order valence-corrected chi connectivity index (χ0v) is 9.42. The number of hydrogen-bond acceptors (Lipinski definition) is 4. The summed E-state index contributed by atoms with van der Waals surface area (Å²) in [5, 5.41) is 8.85. The fourth-order valence-electron chi connectivity index (χ4n) is 1.38. The highest BCUT2D eigenvalue weighted by Crippen LogP contribution is 2.21. The van der Waals surface area contributed by atoms with Crippen LogP contribution in [0.2, 0.25) is 0 Å². The minimum Gasteiger partial charge on any atom is -0.437 e. The van der Waals surface area contributed by atoms with E-state index in [4.69, 9.17) is 10.00 Å². The Morgan fingerprint density at radius 1 is 1.18 bits per heavy atom. The molecule has 0 saturated heterocycles. The Bertz CT molecular complexity index is 543. The molecule has 0 N–H and O–H groups in total. The van der Waals surface area contributed by atoms with E-state index in [1.165, 1.54) is 18.0 Å². The molecule has 1 aromatic carbocycles. The van der Waals surface area contributed by atoms with Gasteiger partial charge >= 0.3 is 0 Å². The Morgan fingerprint density at radius 3 is 2.53 bits per heavy atom. The van der Waals surface area contributed by atoms with E-state index < -0.39 is 0 Å². The van der Waals surface area contributed by atoms with Crippen LogP contribution in [0.15, 0.2) is 36.7 Å². The van der Waals surface area contributed by atoms with Crippen molar-refractivity contribution in [1.29, 1.82) is 5.26 Å². The highest BCUT2D eigenvalue weighted by Gasteiger charge is 2.06. The van der Waals surface area contributed by atoms with Crippen molar-refractivity contribution >= 4 is 0 Å². The lowest BCUT2D eigenvalue weighted by molar-refractivity contribution is 0.458. The third-order valence-corrected chi connectivity index (χ3v) is 2.32. The fraction of sp³-hybridized carbons (Fsp3) is 0.154. The largest absolute Gasteiger partial charge is 0.437 e. The topological polar surface area (TPSA) is 58.8 Å². The number of benzene rings is 1. The average Bonchev–Trinajstić information content (AvgIpc) is 2.40. The van der Waals surface area contributed by atoms with Gasteiger partial charge in [0.05, 0.1) is 0 Å². The Balaban J connectivity index is 2.23. The number of nitrogens with zero attached hydrogens (tertiary/aromatic N) is 3. The summed E-state index contributed by atoms with van der Waals surface area (Å²) in [5.41, 5.74) is 1.42. The summed E-state index contributed by atoms with van der Waals surface area (Å²) in [6.07, 6.45) is 3.94. The van der Waals surface area contributed by atoms with Crippen molar-refractivity contribution in [2.75, 3.05) is 0 Å². The maximum Gasteiger partial charge on any atom is 0.256 e. The van der Waals surface area contributed by atoms with Crippen molar-refractivity contribution in [1.82, 2.24) is 9.97 Å². The monoisotopic (exact) mass is 225 g/mol. The van der Waals surface area contributed by atoms with Crippen LogP contribution in [-0.2, 0) is 6.42 Å². The molecule has 0 amide bonds. The molecule has 0 radical (unpaired) electrons. The molecule has 0 unspecified atom stereocenters. The van der Waals surface area contributed by atoms with Crippen LogP contribution in [0.25, 0.3) is 0 Å². The van der Waals surface area contributed by atoms with E-state index in [0.717, 1.165) is 6.42 Å². The van der Waals surface area contributed by atoms with Gasteiger partial charge in [0, 0.05) is 12.4 Å². The zero-order chi connectivity index (χ0) is 12.1. The minimum atomic E-state index is 0.187. The van der Waals surface area contributed by atoms with E-state index in [2.05, 4.69) is 16.9 Å². The van der Waals surface area contributed by atoms with Gasteiger partial charge in [-0.2, -0.15) is 5.26 Å². The second kappa shape index (κ2) is 5.08. The van der Waals surface area contributed by atoms with Crippen LogP contribution in [0.5, 0.6) is 11.6 Å². The lowest BCUT2D eigenvalue weighted by atomic mass is 10.2. The first-order chi connectivity index (χ1) is 8.33. The molecule has 2 rings (SSSR count). The van der Waals surface area contributed by atoms with Gasteiger partial charge in [-0.25, -0.2) is 9.97 Å². The van der Waals surface area contributed by atoms with Crippen LogP contribution < -0.4 is 4.74 Å². The highest BCUT2D eigenvalue weighted by molar-refractivity contribution is 5.35. The van der Waals surface area contributed by atoms with E-state index in [0.29, 0.717) is 5.75 Å². The van der Waals surface area contributed by atoms with Gasteiger partial charge in [-0.15, -0.1) is 0 Å². The highest BCUT2D eigenvalue weighted by atomic mass is 16.5. The van der Waals surface area contributed by atoms with Crippen molar-refractivity contribution in [3.8, 4) is 17.7 Å². The SMILES string of the molecule is CCc1ccc(Oc2nccnc2C#N)cc1. The molecule has 0 atom stereocenters. The van der Waals surface area contributed by atoms with Gasteiger partial charge in [0.2, 0.25) is 5.69 Å². The van der Waals surface area contributed by atoms with Crippen LogP contribution in [0.1, 0.15) is 18.2 Å². The molecule has 0 aliphatic rings. The van der Waals surface area contributed by atoms with E-state index in [1.807, 2.05) is 30.3 Å². The van der Waals surface area contributed by atoms with Crippen LogP contribution >= 0.6 is 0 Å². The molecule has 0 spiro atoms. The zero-order valence-electron chi connectivity index (χ0n) is 9.42. The molecule has 4 nitrogen and oxygen atoms in total. The third kappa shape index (κ3) is 2.58. The summed E-state index contributed by atoms with van der Waals surface area (Å²) >= 11 is 0. The molecule has 0 bridgehead atoms. The Kier molecular flexibility index (Phi) is 3.31. The summed E-state index contributed by atoms with van der Waals surface area (Å²) in [6, 6.07) is 9.62. The molecule has 2 aromatic rings. The van der Waals surface area contributed by atoms with Crippen LogP contribution in [0.3, 0.4) is 0 Å². The lowest BCUT2D eigenvalue weighted by Crippen LogP contribution is -1.94. The van der Waals surface area contributed by atoms with Gasteiger partial charge in [-0.05, 0) is 24.1 Å². The summed E-state index contributed by atoms with van der Waals surface area (Å²) in [6.45, 7) is 2.09.